The summed E-state index contributed by atoms with van der Waals surface area (Å²) in [5, 5.41) is 33.2. The van der Waals surface area contributed by atoms with E-state index in [2.05, 4.69) is 36.5 Å². The Morgan fingerprint density at radius 2 is 2.30 bits per heavy atom. The van der Waals surface area contributed by atoms with Gasteiger partial charge in [-0.15, -0.1) is 10.2 Å². The summed E-state index contributed by atoms with van der Waals surface area (Å²) in [6.07, 6.45) is 0. The lowest BCUT2D eigenvalue weighted by molar-refractivity contribution is -0.384. The van der Waals surface area contributed by atoms with Crippen LogP contribution in [-0.2, 0) is 0 Å². The predicted octanol–water partition coefficient (Wildman–Crippen LogP) is 4.45. The molecule has 2 aromatic rings. The molecule has 0 spiro atoms. The Morgan fingerprint density at radius 3 is 2.96 bits per heavy atom. The number of non-ortho nitro benzene ring substituents is 1. The van der Waals surface area contributed by atoms with E-state index >= 15 is 0 Å². The van der Waals surface area contributed by atoms with E-state index in [0.29, 0.717) is 5.00 Å². The van der Waals surface area contributed by atoms with E-state index in [4.69, 9.17) is 5.26 Å². The smallest absolute Gasteiger partial charge is 0.270 e. The van der Waals surface area contributed by atoms with Gasteiger partial charge in [-0.25, -0.2) is 4.98 Å². The Bertz CT molecular complexity index is 798. The van der Waals surface area contributed by atoms with Crippen molar-refractivity contribution in [2.75, 3.05) is 17.2 Å². The molecule has 2 rings (SSSR count). The zero-order valence-electron chi connectivity index (χ0n) is 12.0. The first-order valence-corrected chi connectivity index (χ1v) is 8.36. The largest absolute Gasteiger partial charge is 0.361 e. The quantitative estimate of drug-likeness (QED) is 0.336. The Hall–Kier alpha value is -2.38. The van der Waals surface area contributed by atoms with Crippen molar-refractivity contribution >= 4 is 48.8 Å². The molecule has 0 fully saturated rings. The zero-order chi connectivity index (χ0) is 16.8. The number of azo groups is 1. The van der Waals surface area contributed by atoms with E-state index in [1.165, 1.54) is 29.5 Å². The number of nitrogens with one attached hydrogen (secondary N) is 1. The van der Waals surface area contributed by atoms with Gasteiger partial charge in [-0.05, 0) is 13.0 Å². The summed E-state index contributed by atoms with van der Waals surface area (Å²) in [4.78, 5) is 14.5. The second-order valence-electron chi connectivity index (χ2n) is 4.30. The van der Waals surface area contributed by atoms with Crippen molar-refractivity contribution in [3.05, 3.63) is 39.6 Å². The van der Waals surface area contributed by atoms with E-state index in [1.807, 2.05) is 13.0 Å². The number of alkyl halides is 1. The molecular formula is C13H11BrN6O2S. The molecule has 0 aliphatic rings. The van der Waals surface area contributed by atoms with Gasteiger partial charge >= 0.3 is 0 Å². The van der Waals surface area contributed by atoms with E-state index in [1.54, 1.807) is 0 Å². The highest BCUT2D eigenvalue weighted by Gasteiger charge is 2.11. The average Bonchev–Trinajstić information content (AvgIpc) is 2.90. The number of benzene rings is 1. The summed E-state index contributed by atoms with van der Waals surface area (Å²) < 4.78 is 0. The van der Waals surface area contributed by atoms with Crippen LogP contribution in [-0.4, -0.2) is 21.8 Å². The Morgan fingerprint density at radius 1 is 1.52 bits per heavy atom. The first kappa shape index (κ1) is 17.0. The number of aryl methyl sites for hydroxylation is 1. The molecule has 0 atom stereocenters. The summed E-state index contributed by atoms with van der Waals surface area (Å²) >= 11 is 4.66. The highest BCUT2D eigenvalue weighted by atomic mass is 79.9. The predicted molar refractivity (Wildman–Crippen MR) is 91.1 cm³/mol. The third kappa shape index (κ3) is 4.30. The monoisotopic (exact) mass is 394 g/mol. The fourth-order valence-corrected chi connectivity index (χ4v) is 2.64. The molecule has 0 saturated heterocycles. The molecular weight excluding hydrogens is 384 g/mol. The van der Waals surface area contributed by atoms with Crippen molar-refractivity contribution in [1.29, 1.82) is 5.26 Å². The van der Waals surface area contributed by atoms with Crippen molar-refractivity contribution in [2.45, 2.75) is 6.92 Å². The van der Waals surface area contributed by atoms with E-state index in [0.717, 1.165) is 22.7 Å². The molecule has 1 aromatic heterocycles. The van der Waals surface area contributed by atoms with E-state index < -0.39 is 4.92 Å². The number of halogens is 1. The van der Waals surface area contributed by atoms with E-state index in [-0.39, 0.29) is 16.9 Å². The van der Waals surface area contributed by atoms with Crippen molar-refractivity contribution in [1.82, 2.24) is 4.98 Å². The highest BCUT2D eigenvalue weighted by Crippen LogP contribution is 2.33. The minimum atomic E-state index is -0.559. The summed E-state index contributed by atoms with van der Waals surface area (Å²) in [6, 6.07) is 5.76. The van der Waals surface area contributed by atoms with Crippen LogP contribution in [0.25, 0.3) is 0 Å². The van der Waals surface area contributed by atoms with Gasteiger partial charge in [0.2, 0.25) is 0 Å². The summed E-state index contributed by atoms with van der Waals surface area (Å²) in [5.41, 5.74) is 0.940. The molecule has 0 unspecified atom stereocenters. The van der Waals surface area contributed by atoms with Gasteiger partial charge in [0.25, 0.3) is 5.69 Å². The second-order valence-corrected chi connectivity index (χ2v) is 6.07. The average molecular weight is 395 g/mol. The van der Waals surface area contributed by atoms with Crippen molar-refractivity contribution in [3.8, 4) is 6.07 Å². The molecule has 1 aromatic carbocycles. The van der Waals surface area contributed by atoms with E-state index in [9.17, 15) is 10.1 Å². The SMILES string of the molecule is Cc1nc(NCCBr)sc1N=Nc1ccc([N+](=O)[O-])cc1C#N. The number of hydrogen-bond donors (Lipinski definition) is 1. The molecule has 0 aliphatic heterocycles. The fourth-order valence-electron chi connectivity index (χ4n) is 1.62. The van der Waals surface area contributed by atoms with Crippen molar-refractivity contribution in [2.24, 2.45) is 10.2 Å². The minimum absolute atomic E-state index is 0.0998. The lowest BCUT2D eigenvalue weighted by Gasteiger charge is -1.96. The van der Waals surface area contributed by atoms with Gasteiger partial charge in [0.05, 0.1) is 16.2 Å². The highest BCUT2D eigenvalue weighted by molar-refractivity contribution is 9.09. The standard InChI is InChI=1S/C13H11BrN6O2S/c1-8-12(23-13(17-8)16-5-4-14)19-18-11-3-2-10(20(21)22)6-9(11)7-15/h2-3,6H,4-5H2,1H3,(H,16,17). The molecule has 0 bridgehead atoms. The molecule has 0 amide bonds. The Balaban J connectivity index is 2.25. The number of nitrogens with zero attached hydrogens (tertiary/aromatic N) is 5. The van der Waals surface area contributed by atoms with Gasteiger partial charge in [0.1, 0.15) is 11.8 Å². The van der Waals surface area contributed by atoms with Crippen molar-refractivity contribution in [3.63, 3.8) is 0 Å². The molecule has 8 nitrogen and oxygen atoms in total. The topological polar surface area (TPSA) is 117 Å². The van der Waals surface area contributed by atoms with Gasteiger partial charge in [0.15, 0.2) is 10.1 Å². The van der Waals surface area contributed by atoms with Crippen LogP contribution in [0.5, 0.6) is 0 Å². The maximum Gasteiger partial charge on any atom is 0.270 e. The number of aromatic nitrogens is 1. The summed E-state index contributed by atoms with van der Waals surface area (Å²) in [6.45, 7) is 2.55. The maximum atomic E-state index is 10.7. The Kier molecular flexibility index (Phi) is 5.72. The summed E-state index contributed by atoms with van der Waals surface area (Å²) in [7, 11) is 0. The van der Waals surface area contributed by atoms with Gasteiger partial charge in [-0.3, -0.25) is 10.1 Å². The van der Waals surface area contributed by atoms with Crippen LogP contribution < -0.4 is 5.32 Å². The number of nitro groups is 1. The molecule has 23 heavy (non-hydrogen) atoms. The van der Waals surface area contributed by atoms with Crippen LogP contribution in [0, 0.1) is 28.4 Å². The molecule has 0 aliphatic carbocycles. The van der Waals surface area contributed by atoms with Gasteiger partial charge in [-0.1, -0.05) is 27.3 Å². The number of anilines is 1. The first-order chi connectivity index (χ1) is 11.0. The molecule has 1 N–H and O–H groups in total. The molecule has 118 valence electrons. The third-order valence-corrected chi connectivity index (χ3v) is 4.10. The van der Waals surface area contributed by atoms with Crippen LogP contribution in [0.2, 0.25) is 0 Å². The molecule has 0 radical (unpaired) electrons. The minimum Gasteiger partial charge on any atom is -0.361 e. The van der Waals surface area contributed by atoms with Crippen LogP contribution in [0.4, 0.5) is 21.5 Å². The maximum absolute atomic E-state index is 10.7. The lowest BCUT2D eigenvalue weighted by Crippen LogP contribution is -2.01. The first-order valence-electron chi connectivity index (χ1n) is 6.42. The normalized spacial score (nSPS) is 10.7. The second kappa shape index (κ2) is 7.75. The molecule has 10 heteroatoms. The number of nitro benzene ring substituents is 1. The zero-order valence-corrected chi connectivity index (χ0v) is 14.4. The van der Waals surface area contributed by atoms with Crippen LogP contribution >= 0.6 is 27.3 Å². The van der Waals surface area contributed by atoms with Crippen LogP contribution in [0.15, 0.2) is 28.4 Å². The van der Waals surface area contributed by atoms with Crippen LogP contribution in [0.3, 0.4) is 0 Å². The molecule has 0 saturated carbocycles. The Labute approximate surface area is 144 Å². The molecule has 1 heterocycles. The van der Waals surface area contributed by atoms with Gasteiger partial charge in [0, 0.05) is 24.0 Å². The number of thiazole rings is 1. The fraction of sp³-hybridized carbons (Fsp3) is 0.231. The third-order valence-electron chi connectivity index (χ3n) is 2.70. The van der Waals surface area contributed by atoms with Gasteiger partial charge in [-0.2, -0.15) is 5.26 Å². The van der Waals surface area contributed by atoms with Crippen LogP contribution in [0.1, 0.15) is 11.3 Å². The van der Waals surface area contributed by atoms with Gasteiger partial charge < -0.3 is 5.32 Å². The lowest BCUT2D eigenvalue weighted by atomic mass is 10.2. The number of hydrogen-bond acceptors (Lipinski definition) is 8. The van der Waals surface area contributed by atoms with Crippen molar-refractivity contribution < 1.29 is 4.92 Å². The number of nitriles is 1. The summed E-state index contributed by atoms with van der Waals surface area (Å²) in [5.74, 6) is 0. The number of rotatable bonds is 6.